The molecule has 0 saturated carbocycles. The van der Waals surface area contributed by atoms with Gasteiger partial charge in [0, 0.05) is 26.3 Å². The molecule has 0 aromatic heterocycles. The minimum atomic E-state index is -0.502. The third kappa shape index (κ3) is 2.33. The molecule has 0 fully saturated rings. The lowest BCUT2D eigenvalue weighted by Crippen LogP contribution is -2.06. The highest BCUT2D eigenvalue weighted by molar-refractivity contribution is 6.31. The molecule has 5 heteroatoms. The zero-order valence-corrected chi connectivity index (χ0v) is 9.46. The van der Waals surface area contributed by atoms with Crippen molar-refractivity contribution in [3.05, 3.63) is 33.2 Å². The predicted molar refractivity (Wildman–Crippen MR) is 56.7 cm³/mol. The van der Waals surface area contributed by atoms with Gasteiger partial charge in [0.2, 0.25) is 0 Å². The molecule has 0 bridgehead atoms. The summed E-state index contributed by atoms with van der Waals surface area (Å²) >= 11 is 5.79. The van der Waals surface area contributed by atoms with Crippen LogP contribution in [0.15, 0.2) is 12.1 Å². The fourth-order valence-corrected chi connectivity index (χ4v) is 1.53. The summed E-state index contributed by atoms with van der Waals surface area (Å²) in [6.45, 7) is 1.67. The highest BCUT2D eigenvalue weighted by Gasteiger charge is 2.20. The van der Waals surface area contributed by atoms with Crippen molar-refractivity contribution >= 4 is 23.3 Å². The highest BCUT2D eigenvalue weighted by Crippen LogP contribution is 2.26. The number of carbonyl (C=O) groups is 1. The van der Waals surface area contributed by atoms with E-state index in [2.05, 4.69) is 4.74 Å². The van der Waals surface area contributed by atoms with E-state index in [4.69, 9.17) is 11.6 Å². The van der Waals surface area contributed by atoms with Crippen molar-refractivity contribution in [1.82, 2.24) is 0 Å². The molecular formula is C10H11ClNO3+. The minimum absolute atomic E-state index is 0.308. The van der Waals surface area contributed by atoms with Crippen molar-refractivity contribution in [3.63, 3.8) is 0 Å². The summed E-state index contributed by atoms with van der Waals surface area (Å²) in [6.07, 6.45) is 0. The van der Waals surface area contributed by atoms with Crippen molar-refractivity contribution in [3.8, 4) is 0 Å². The van der Waals surface area contributed by atoms with E-state index in [1.807, 2.05) is 0 Å². The molecule has 0 amide bonds. The number of nitroso groups, excluding NO2 is 1. The van der Waals surface area contributed by atoms with Gasteiger partial charge in [0.05, 0.1) is 12.7 Å². The number of carbonyl (C=O) groups excluding carboxylic acids is 1. The summed E-state index contributed by atoms with van der Waals surface area (Å²) in [5.74, 6) is -0.502. The Kier molecular flexibility index (Phi) is 3.42. The van der Waals surface area contributed by atoms with Gasteiger partial charge in [-0.25, -0.2) is 4.79 Å². The van der Waals surface area contributed by atoms with E-state index in [1.165, 1.54) is 26.3 Å². The average Bonchev–Trinajstić information content (AvgIpc) is 2.19. The lowest BCUT2D eigenvalue weighted by molar-refractivity contribution is -0.428. The van der Waals surface area contributed by atoms with Gasteiger partial charge in [0.25, 0.3) is 5.69 Å². The molecule has 4 nitrogen and oxygen atoms in total. The summed E-state index contributed by atoms with van der Waals surface area (Å²) in [5, 5.41) is 0.332. The molecule has 80 valence electrons. The maximum Gasteiger partial charge on any atom is 0.338 e. The van der Waals surface area contributed by atoms with Gasteiger partial charge >= 0.3 is 5.97 Å². The summed E-state index contributed by atoms with van der Waals surface area (Å²) in [6, 6.07) is 2.99. The van der Waals surface area contributed by atoms with Gasteiger partial charge in [-0.15, -0.1) is 0 Å². The minimum Gasteiger partial charge on any atom is -0.465 e. The van der Waals surface area contributed by atoms with Gasteiger partial charge in [-0.05, 0) is 13.0 Å². The van der Waals surface area contributed by atoms with Crippen molar-refractivity contribution in [1.29, 1.82) is 0 Å². The van der Waals surface area contributed by atoms with Crippen molar-refractivity contribution in [2.24, 2.45) is 0 Å². The number of methoxy groups -OCH3 is 1. The number of nitrogens with zero attached hydrogens (tertiary/aromatic N) is 1. The molecule has 0 radical (unpaired) electrons. The van der Waals surface area contributed by atoms with Crippen molar-refractivity contribution < 1.29 is 14.3 Å². The fourth-order valence-electron chi connectivity index (χ4n) is 1.31. The Morgan fingerprint density at radius 2 is 2.07 bits per heavy atom. The topological polar surface area (TPSA) is 46.4 Å². The normalized spacial score (nSPS) is 9.87. The van der Waals surface area contributed by atoms with Crippen LogP contribution in [0, 0.1) is 11.8 Å². The molecule has 0 atom stereocenters. The van der Waals surface area contributed by atoms with Crippen LogP contribution in [0.1, 0.15) is 15.9 Å². The first kappa shape index (κ1) is 11.7. The Hall–Kier alpha value is -1.42. The zero-order valence-electron chi connectivity index (χ0n) is 8.70. The van der Waals surface area contributed by atoms with Crippen LogP contribution >= 0.6 is 11.6 Å². The van der Waals surface area contributed by atoms with Crippen LogP contribution in [-0.4, -0.2) is 24.9 Å². The van der Waals surface area contributed by atoms with Crippen LogP contribution < -0.4 is 0 Å². The second kappa shape index (κ2) is 4.40. The van der Waals surface area contributed by atoms with Gasteiger partial charge in [-0.1, -0.05) is 11.6 Å². The van der Waals surface area contributed by atoms with Gasteiger partial charge in [0.1, 0.15) is 0 Å². The molecule has 0 aliphatic heterocycles. The first-order valence-corrected chi connectivity index (χ1v) is 4.64. The molecule has 15 heavy (non-hydrogen) atoms. The number of hydrogen-bond acceptors (Lipinski definition) is 3. The fraction of sp³-hybridized carbons (Fsp3) is 0.300. The Balaban J connectivity index is 3.41. The lowest BCUT2D eigenvalue weighted by atomic mass is 10.1. The summed E-state index contributed by atoms with van der Waals surface area (Å²) in [4.78, 5) is 22.5. The molecule has 0 N–H and O–H groups in total. The molecule has 0 saturated heterocycles. The Bertz CT molecular complexity index is 429. The number of halogens is 1. The van der Waals surface area contributed by atoms with E-state index in [0.717, 1.165) is 0 Å². The molecule has 0 heterocycles. The molecule has 0 spiro atoms. The molecule has 1 rings (SSSR count). The third-order valence-electron chi connectivity index (χ3n) is 2.09. The Morgan fingerprint density at radius 3 is 2.53 bits per heavy atom. The van der Waals surface area contributed by atoms with Crippen LogP contribution in [-0.2, 0) is 4.74 Å². The third-order valence-corrected chi connectivity index (χ3v) is 2.31. The van der Waals surface area contributed by atoms with Crippen molar-refractivity contribution in [2.45, 2.75) is 6.92 Å². The van der Waals surface area contributed by atoms with Crippen LogP contribution in [0.5, 0.6) is 0 Å². The second-order valence-corrected chi connectivity index (χ2v) is 3.52. The van der Waals surface area contributed by atoms with Gasteiger partial charge < -0.3 is 4.74 Å². The SMILES string of the molecule is COC(=O)c1cc(Cl)cc([N+](C)=O)c1C. The van der Waals surface area contributed by atoms with E-state index in [9.17, 15) is 9.70 Å². The molecule has 1 aromatic carbocycles. The van der Waals surface area contributed by atoms with E-state index in [0.29, 0.717) is 26.6 Å². The summed E-state index contributed by atoms with van der Waals surface area (Å²) in [7, 11) is 2.63. The number of ether oxygens (including phenoxy) is 1. The van der Waals surface area contributed by atoms with Gasteiger partial charge in [-0.2, -0.15) is 0 Å². The van der Waals surface area contributed by atoms with Crippen LogP contribution in [0.25, 0.3) is 0 Å². The van der Waals surface area contributed by atoms with Crippen molar-refractivity contribution in [2.75, 3.05) is 14.2 Å². The smallest absolute Gasteiger partial charge is 0.338 e. The predicted octanol–water partition coefficient (Wildman–Crippen LogP) is 2.48. The summed E-state index contributed by atoms with van der Waals surface area (Å²) in [5.41, 5.74) is 1.23. The largest absolute Gasteiger partial charge is 0.465 e. The first-order valence-electron chi connectivity index (χ1n) is 4.26. The highest BCUT2D eigenvalue weighted by atomic mass is 35.5. The maximum absolute atomic E-state index is 11.4. The zero-order chi connectivity index (χ0) is 11.6. The standard InChI is InChI=1S/C10H11ClNO3/c1-6-8(10(13)15-3)4-7(11)5-9(6)12(2)14/h4-5H,1-3H3/q+1. The van der Waals surface area contributed by atoms with E-state index in [-0.39, 0.29) is 0 Å². The molecule has 0 aliphatic rings. The first-order chi connectivity index (χ1) is 6.97. The Morgan fingerprint density at radius 1 is 1.47 bits per heavy atom. The van der Waals surface area contributed by atoms with Crippen LogP contribution in [0.4, 0.5) is 5.69 Å². The molecule has 0 unspecified atom stereocenters. The number of rotatable bonds is 2. The van der Waals surface area contributed by atoms with E-state index in [1.54, 1.807) is 6.92 Å². The number of benzene rings is 1. The summed E-state index contributed by atoms with van der Waals surface area (Å²) < 4.78 is 5.25. The van der Waals surface area contributed by atoms with E-state index >= 15 is 0 Å². The maximum atomic E-state index is 11.4. The average molecular weight is 229 g/mol. The molecular weight excluding hydrogens is 218 g/mol. The second-order valence-electron chi connectivity index (χ2n) is 3.09. The van der Waals surface area contributed by atoms with Gasteiger partial charge in [0.15, 0.2) is 7.05 Å². The van der Waals surface area contributed by atoms with Crippen LogP contribution in [0.3, 0.4) is 0 Å². The quantitative estimate of drug-likeness (QED) is 0.577. The number of hydrogen-bond donors (Lipinski definition) is 0. The van der Waals surface area contributed by atoms with Gasteiger partial charge in [-0.3, -0.25) is 0 Å². The molecule has 1 aromatic rings. The lowest BCUT2D eigenvalue weighted by Gasteiger charge is -2.04. The molecule has 0 aliphatic carbocycles. The Labute approximate surface area is 92.4 Å². The van der Waals surface area contributed by atoms with Crippen LogP contribution in [0.2, 0.25) is 5.02 Å². The monoisotopic (exact) mass is 228 g/mol. The number of esters is 1. The van der Waals surface area contributed by atoms with E-state index < -0.39 is 5.97 Å².